The zero-order valence-corrected chi connectivity index (χ0v) is 12.9. The Bertz CT molecular complexity index is 654. The van der Waals surface area contributed by atoms with E-state index >= 15 is 0 Å². The van der Waals surface area contributed by atoms with Gasteiger partial charge in [-0.1, -0.05) is 36.7 Å². The summed E-state index contributed by atoms with van der Waals surface area (Å²) in [5.41, 5.74) is 4.77. The first-order valence-corrected chi connectivity index (χ1v) is 7.89. The van der Waals surface area contributed by atoms with E-state index in [1.807, 2.05) is 0 Å². The lowest BCUT2D eigenvalue weighted by molar-refractivity contribution is 0.529. The predicted molar refractivity (Wildman–Crippen MR) is 86.2 cm³/mol. The van der Waals surface area contributed by atoms with E-state index in [4.69, 9.17) is 11.6 Å². The Morgan fingerprint density at radius 2 is 2.10 bits per heavy atom. The largest absolute Gasteiger partial charge is 0.310 e. The maximum Gasteiger partial charge on any atom is 0.124 e. The van der Waals surface area contributed by atoms with Crippen LogP contribution in [0, 0.1) is 5.82 Å². The van der Waals surface area contributed by atoms with Crippen molar-refractivity contribution in [1.29, 1.82) is 0 Å². The second-order valence-corrected chi connectivity index (χ2v) is 5.95. The molecule has 110 valence electrons. The first-order chi connectivity index (χ1) is 10.2. The van der Waals surface area contributed by atoms with E-state index < -0.39 is 0 Å². The van der Waals surface area contributed by atoms with Gasteiger partial charge in [-0.2, -0.15) is 0 Å². The average Bonchev–Trinajstić information content (AvgIpc) is 2.88. The molecule has 0 heterocycles. The van der Waals surface area contributed by atoms with Gasteiger partial charge in [0.05, 0.1) is 5.02 Å². The Morgan fingerprint density at radius 3 is 2.86 bits per heavy atom. The molecule has 0 amide bonds. The number of fused-ring (bicyclic) bond motifs is 1. The van der Waals surface area contributed by atoms with Crippen LogP contribution in [-0.4, -0.2) is 6.54 Å². The highest BCUT2D eigenvalue weighted by molar-refractivity contribution is 6.33. The molecule has 1 nitrogen and oxygen atoms in total. The summed E-state index contributed by atoms with van der Waals surface area (Å²) in [5.74, 6) is -0.293. The van der Waals surface area contributed by atoms with Gasteiger partial charge in [0, 0.05) is 11.6 Å². The van der Waals surface area contributed by atoms with Gasteiger partial charge >= 0.3 is 0 Å². The fraction of sp³-hybridized carbons (Fsp3) is 0.333. The van der Waals surface area contributed by atoms with Gasteiger partial charge in [0.15, 0.2) is 0 Å². The molecule has 0 saturated heterocycles. The molecule has 0 bridgehead atoms. The molecule has 21 heavy (non-hydrogen) atoms. The first-order valence-electron chi connectivity index (χ1n) is 7.51. The third kappa shape index (κ3) is 2.83. The van der Waals surface area contributed by atoms with E-state index in [-0.39, 0.29) is 5.82 Å². The minimum atomic E-state index is -0.293. The van der Waals surface area contributed by atoms with E-state index in [1.165, 1.54) is 23.3 Å². The number of hydrogen-bond acceptors (Lipinski definition) is 1. The lowest BCUT2D eigenvalue weighted by Crippen LogP contribution is -2.19. The van der Waals surface area contributed by atoms with E-state index in [9.17, 15) is 4.39 Å². The predicted octanol–water partition coefficient (Wildman–Crippen LogP) is 5.13. The highest BCUT2D eigenvalue weighted by atomic mass is 35.5. The lowest BCUT2D eigenvalue weighted by Gasteiger charge is -2.15. The monoisotopic (exact) mass is 303 g/mol. The number of nitrogens with one attached hydrogen (secondary N) is 1. The SMILES string of the molecule is CCCNC1CCc2c(-c3ccc(F)cc3Cl)cccc21. The van der Waals surface area contributed by atoms with Crippen molar-refractivity contribution in [3.8, 4) is 11.1 Å². The van der Waals surface area contributed by atoms with Gasteiger partial charge in [-0.05, 0) is 60.7 Å². The van der Waals surface area contributed by atoms with E-state index in [2.05, 4.69) is 30.4 Å². The molecule has 3 heteroatoms. The van der Waals surface area contributed by atoms with Gasteiger partial charge in [-0.15, -0.1) is 0 Å². The third-order valence-electron chi connectivity index (χ3n) is 4.13. The molecular weight excluding hydrogens is 285 g/mol. The molecule has 0 spiro atoms. The van der Waals surface area contributed by atoms with Crippen LogP contribution in [0.2, 0.25) is 5.02 Å². The van der Waals surface area contributed by atoms with Crippen molar-refractivity contribution in [2.45, 2.75) is 32.2 Å². The summed E-state index contributed by atoms with van der Waals surface area (Å²) in [6.07, 6.45) is 3.29. The lowest BCUT2D eigenvalue weighted by atomic mass is 9.96. The van der Waals surface area contributed by atoms with Crippen molar-refractivity contribution in [1.82, 2.24) is 5.32 Å². The van der Waals surface area contributed by atoms with Crippen LogP contribution in [0.5, 0.6) is 0 Å². The van der Waals surface area contributed by atoms with Crippen LogP contribution in [0.1, 0.15) is 36.9 Å². The highest BCUT2D eigenvalue weighted by Gasteiger charge is 2.24. The zero-order valence-electron chi connectivity index (χ0n) is 12.1. The van der Waals surface area contributed by atoms with Gasteiger partial charge in [-0.25, -0.2) is 4.39 Å². The van der Waals surface area contributed by atoms with Crippen molar-refractivity contribution < 1.29 is 4.39 Å². The third-order valence-corrected chi connectivity index (χ3v) is 4.45. The Morgan fingerprint density at radius 1 is 1.24 bits per heavy atom. The molecule has 1 N–H and O–H groups in total. The van der Waals surface area contributed by atoms with Crippen molar-refractivity contribution >= 4 is 11.6 Å². The molecule has 1 aliphatic rings. The molecule has 1 unspecified atom stereocenters. The number of benzene rings is 2. The molecule has 0 saturated carbocycles. The van der Waals surface area contributed by atoms with E-state index in [0.29, 0.717) is 11.1 Å². The average molecular weight is 304 g/mol. The second-order valence-electron chi connectivity index (χ2n) is 5.54. The fourth-order valence-corrected chi connectivity index (χ4v) is 3.41. The van der Waals surface area contributed by atoms with Crippen molar-refractivity contribution in [2.24, 2.45) is 0 Å². The Hall–Kier alpha value is -1.38. The summed E-state index contributed by atoms with van der Waals surface area (Å²) in [5, 5.41) is 4.08. The minimum Gasteiger partial charge on any atom is -0.310 e. The number of rotatable bonds is 4. The molecule has 0 aliphatic heterocycles. The summed E-state index contributed by atoms with van der Waals surface area (Å²) in [6.45, 7) is 3.21. The highest BCUT2D eigenvalue weighted by Crippen LogP contribution is 2.39. The standard InChI is InChI=1S/C18H19ClFN/c1-2-10-21-18-9-8-14-13(4-3-5-16(14)18)15-7-6-12(20)11-17(15)19/h3-7,11,18,21H,2,8-10H2,1H3. The first kappa shape index (κ1) is 14.6. The van der Waals surface area contributed by atoms with Crippen LogP contribution >= 0.6 is 11.6 Å². The minimum absolute atomic E-state index is 0.293. The summed E-state index contributed by atoms with van der Waals surface area (Å²) in [6, 6.07) is 11.4. The summed E-state index contributed by atoms with van der Waals surface area (Å²) < 4.78 is 13.2. The fourth-order valence-electron chi connectivity index (χ4n) is 3.15. The molecule has 0 fully saturated rings. The van der Waals surface area contributed by atoms with Gasteiger partial charge in [0.25, 0.3) is 0 Å². The molecule has 1 atom stereocenters. The quantitative estimate of drug-likeness (QED) is 0.825. The summed E-state index contributed by atoms with van der Waals surface area (Å²) >= 11 is 6.23. The maximum atomic E-state index is 13.2. The maximum absolute atomic E-state index is 13.2. The smallest absolute Gasteiger partial charge is 0.124 e. The zero-order chi connectivity index (χ0) is 14.8. The van der Waals surface area contributed by atoms with Crippen LogP contribution in [0.4, 0.5) is 4.39 Å². The van der Waals surface area contributed by atoms with Gasteiger partial charge in [0.1, 0.15) is 5.82 Å². The molecule has 2 aromatic rings. The topological polar surface area (TPSA) is 12.0 Å². The normalized spacial score (nSPS) is 17.0. The summed E-state index contributed by atoms with van der Waals surface area (Å²) in [7, 11) is 0. The van der Waals surface area contributed by atoms with Gasteiger partial charge < -0.3 is 5.32 Å². The molecule has 0 aromatic heterocycles. The van der Waals surface area contributed by atoms with Crippen molar-refractivity contribution in [3.05, 3.63) is 58.4 Å². The van der Waals surface area contributed by atoms with Crippen LogP contribution < -0.4 is 5.32 Å². The Labute approximate surface area is 130 Å². The Kier molecular flexibility index (Phi) is 4.27. The second kappa shape index (κ2) is 6.17. The molecule has 3 rings (SSSR count). The van der Waals surface area contributed by atoms with Gasteiger partial charge in [0.2, 0.25) is 0 Å². The number of halogens is 2. The van der Waals surface area contributed by atoms with Crippen molar-refractivity contribution in [2.75, 3.05) is 6.54 Å². The summed E-state index contributed by atoms with van der Waals surface area (Å²) in [4.78, 5) is 0. The van der Waals surface area contributed by atoms with Crippen LogP contribution in [-0.2, 0) is 6.42 Å². The molecule has 1 aliphatic carbocycles. The van der Waals surface area contributed by atoms with E-state index in [0.717, 1.165) is 36.9 Å². The van der Waals surface area contributed by atoms with Crippen LogP contribution in [0.3, 0.4) is 0 Å². The van der Waals surface area contributed by atoms with E-state index in [1.54, 1.807) is 6.07 Å². The van der Waals surface area contributed by atoms with Gasteiger partial charge in [-0.3, -0.25) is 0 Å². The van der Waals surface area contributed by atoms with Crippen molar-refractivity contribution in [3.63, 3.8) is 0 Å². The molecule has 0 radical (unpaired) electrons. The van der Waals surface area contributed by atoms with Crippen LogP contribution in [0.15, 0.2) is 36.4 Å². The molecular formula is C18H19ClFN. The Balaban J connectivity index is 2.00. The van der Waals surface area contributed by atoms with Crippen LogP contribution in [0.25, 0.3) is 11.1 Å². The number of hydrogen-bond donors (Lipinski definition) is 1. The molecule has 2 aromatic carbocycles.